The van der Waals surface area contributed by atoms with E-state index in [1.807, 2.05) is 41.8 Å². The highest BCUT2D eigenvalue weighted by Gasteiger charge is 2.03. The van der Waals surface area contributed by atoms with Crippen LogP contribution in [0.5, 0.6) is 0 Å². The fraction of sp³-hybridized carbons (Fsp3) is 0.500. The summed E-state index contributed by atoms with van der Waals surface area (Å²) in [5.41, 5.74) is 0. The van der Waals surface area contributed by atoms with Crippen LogP contribution in [-0.2, 0) is 18.3 Å². The summed E-state index contributed by atoms with van der Waals surface area (Å²) in [6.07, 6.45) is 5.75. The van der Waals surface area contributed by atoms with Crippen molar-refractivity contribution in [1.82, 2.24) is 4.57 Å². The van der Waals surface area contributed by atoms with Gasteiger partial charge in [-0.1, -0.05) is 0 Å². The molecule has 1 heterocycles. The Bertz CT molecular complexity index is 275. The van der Waals surface area contributed by atoms with Crippen molar-refractivity contribution in [3.8, 4) is 0 Å². The number of rotatable bonds is 3. The molecule has 1 rings (SSSR count). The van der Waals surface area contributed by atoms with Crippen molar-refractivity contribution in [2.75, 3.05) is 6.61 Å². The zero-order valence-corrected chi connectivity index (χ0v) is 9.81. The molecule has 4 nitrogen and oxygen atoms in total. The van der Waals surface area contributed by atoms with Gasteiger partial charge in [0, 0.05) is 0 Å². The van der Waals surface area contributed by atoms with Crippen molar-refractivity contribution in [2.24, 2.45) is 7.05 Å². The van der Waals surface area contributed by atoms with E-state index >= 15 is 0 Å². The van der Waals surface area contributed by atoms with Gasteiger partial charge in [-0.05, 0) is 6.92 Å². The van der Waals surface area contributed by atoms with E-state index in [0.29, 0.717) is 19.0 Å². The summed E-state index contributed by atoms with van der Waals surface area (Å²) < 4.78 is 8.84. The third kappa shape index (κ3) is 5.09. The van der Waals surface area contributed by atoms with E-state index < -0.39 is 0 Å². The lowest BCUT2D eigenvalue weighted by molar-refractivity contribution is -0.671. The molecule has 0 aliphatic heterocycles. The zero-order chi connectivity index (χ0) is 8.97. The molecule has 0 aliphatic rings. The molecule has 0 saturated heterocycles. The van der Waals surface area contributed by atoms with Crippen molar-refractivity contribution in [3.63, 3.8) is 0 Å². The number of ether oxygens (including phenoxy) is 1. The van der Waals surface area contributed by atoms with Gasteiger partial charge >= 0.3 is 0 Å². The molecule has 14 heavy (non-hydrogen) atoms. The SMILES string of the molecule is CCOC(=N)Cn1cc[n+](C)c1.Cl.[Cl-]. The van der Waals surface area contributed by atoms with Gasteiger partial charge in [0.25, 0.3) is 0 Å². The van der Waals surface area contributed by atoms with Gasteiger partial charge in [-0.25, -0.2) is 9.13 Å². The average molecular weight is 240 g/mol. The molecule has 0 radical (unpaired) electrons. The van der Waals surface area contributed by atoms with Crippen molar-refractivity contribution in [2.45, 2.75) is 13.5 Å². The zero-order valence-electron chi connectivity index (χ0n) is 8.24. The van der Waals surface area contributed by atoms with Gasteiger partial charge in [-0.15, -0.1) is 12.4 Å². The van der Waals surface area contributed by atoms with E-state index in [2.05, 4.69) is 0 Å². The number of hydrogen-bond donors (Lipinski definition) is 1. The lowest BCUT2D eigenvalue weighted by Crippen LogP contribution is -3.00. The molecule has 0 aromatic carbocycles. The maximum Gasteiger partial charge on any atom is 0.243 e. The van der Waals surface area contributed by atoms with Crippen LogP contribution in [0.25, 0.3) is 0 Å². The van der Waals surface area contributed by atoms with Gasteiger partial charge in [0.15, 0.2) is 6.54 Å². The average Bonchev–Trinajstić information content (AvgIpc) is 2.36. The largest absolute Gasteiger partial charge is 1.00 e. The molecule has 0 unspecified atom stereocenters. The summed E-state index contributed by atoms with van der Waals surface area (Å²) in [4.78, 5) is 0. The van der Waals surface area contributed by atoms with E-state index in [9.17, 15) is 0 Å². The Morgan fingerprint density at radius 3 is 2.64 bits per heavy atom. The molecule has 82 valence electrons. The molecule has 0 aliphatic carbocycles. The number of aryl methyl sites for hydroxylation is 1. The normalized spacial score (nSPS) is 8.43. The first-order valence-electron chi connectivity index (χ1n) is 3.93. The van der Waals surface area contributed by atoms with Crippen LogP contribution >= 0.6 is 12.4 Å². The predicted molar refractivity (Wildman–Crippen MR) is 52.2 cm³/mol. The minimum absolute atomic E-state index is 0. The van der Waals surface area contributed by atoms with Gasteiger partial charge in [-0.2, -0.15) is 0 Å². The first kappa shape index (κ1) is 15.7. The Hall–Kier alpha value is -0.740. The van der Waals surface area contributed by atoms with E-state index in [1.54, 1.807) is 0 Å². The molecule has 1 N–H and O–H groups in total. The minimum Gasteiger partial charge on any atom is -1.00 e. The summed E-state index contributed by atoms with van der Waals surface area (Å²) in [5.74, 6) is 0.300. The summed E-state index contributed by atoms with van der Waals surface area (Å²) in [5, 5.41) is 7.38. The van der Waals surface area contributed by atoms with Crippen molar-refractivity contribution in [1.29, 1.82) is 5.41 Å². The lowest BCUT2D eigenvalue weighted by atomic mass is 10.6. The van der Waals surface area contributed by atoms with Gasteiger partial charge in [0.2, 0.25) is 12.2 Å². The summed E-state index contributed by atoms with van der Waals surface area (Å²) >= 11 is 0. The quantitative estimate of drug-likeness (QED) is 0.362. The Morgan fingerprint density at radius 1 is 1.57 bits per heavy atom. The third-order valence-corrected chi connectivity index (χ3v) is 1.47. The topological polar surface area (TPSA) is 41.9 Å². The molecule has 1 aromatic heterocycles. The molecular weight excluding hydrogens is 225 g/mol. The summed E-state index contributed by atoms with van der Waals surface area (Å²) in [7, 11) is 1.95. The minimum atomic E-state index is 0. The number of nitrogens with zero attached hydrogens (tertiary/aromatic N) is 2. The smallest absolute Gasteiger partial charge is 0.243 e. The van der Waals surface area contributed by atoms with Crippen molar-refractivity contribution in [3.05, 3.63) is 18.7 Å². The van der Waals surface area contributed by atoms with Crippen LogP contribution in [0.3, 0.4) is 0 Å². The molecule has 0 fully saturated rings. The number of imidazole rings is 1. The first-order valence-corrected chi connectivity index (χ1v) is 3.93. The van der Waals surface area contributed by atoms with E-state index in [4.69, 9.17) is 10.1 Å². The van der Waals surface area contributed by atoms with Crippen LogP contribution < -0.4 is 17.0 Å². The first-order chi connectivity index (χ1) is 5.72. The maximum absolute atomic E-state index is 7.38. The molecule has 0 spiro atoms. The number of nitrogens with one attached hydrogen (secondary N) is 1. The van der Waals surface area contributed by atoms with Gasteiger partial charge in [-0.3, -0.25) is 5.41 Å². The predicted octanol–water partition coefficient (Wildman–Crippen LogP) is -2.25. The van der Waals surface area contributed by atoms with E-state index in [1.165, 1.54) is 0 Å². The van der Waals surface area contributed by atoms with Crippen LogP contribution in [0, 0.1) is 5.41 Å². The molecule has 0 saturated carbocycles. The summed E-state index contributed by atoms with van der Waals surface area (Å²) in [6, 6.07) is 0. The van der Waals surface area contributed by atoms with Gasteiger partial charge < -0.3 is 17.1 Å². The highest BCUT2D eigenvalue weighted by Crippen LogP contribution is 1.87. The second kappa shape index (κ2) is 7.64. The fourth-order valence-corrected chi connectivity index (χ4v) is 0.981. The second-order valence-corrected chi connectivity index (χ2v) is 2.61. The highest BCUT2D eigenvalue weighted by atomic mass is 35.5. The van der Waals surface area contributed by atoms with Crippen LogP contribution in [0.15, 0.2) is 18.7 Å². The van der Waals surface area contributed by atoms with Crippen LogP contribution in [-0.4, -0.2) is 17.1 Å². The molecular formula is C8H15Cl2N3O. The Kier molecular flexibility index (Phi) is 8.58. The van der Waals surface area contributed by atoms with E-state index in [0.717, 1.165) is 0 Å². The molecule has 1 aromatic rings. The molecule has 0 atom stereocenters. The highest BCUT2D eigenvalue weighted by molar-refractivity contribution is 5.85. The van der Waals surface area contributed by atoms with Gasteiger partial charge in [0.05, 0.1) is 13.7 Å². The Balaban J connectivity index is 0. The Labute approximate surface area is 96.2 Å². The lowest BCUT2D eigenvalue weighted by Gasteiger charge is -2.00. The van der Waals surface area contributed by atoms with Crippen LogP contribution in [0.2, 0.25) is 0 Å². The van der Waals surface area contributed by atoms with Crippen molar-refractivity contribution >= 4 is 18.3 Å². The van der Waals surface area contributed by atoms with E-state index in [-0.39, 0.29) is 24.8 Å². The molecule has 0 bridgehead atoms. The van der Waals surface area contributed by atoms with Gasteiger partial charge in [0.1, 0.15) is 12.4 Å². The van der Waals surface area contributed by atoms with Crippen molar-refractivity contribution < 1.29 is 21.7 Å². The van der Waals surface area contributed by atoms with Crippen LogP contribution in [0.1, 0.15) is 6.92 Å². The summed E-state index contributed by atoms with van der Waals surface area (Å²) in [6.45, 7) is 2.95. The Morgan fingerprint density at radius 2 is 2.21 bits per heavy atom. The fourth-order valence-electron chi connectivity index (χ4n) is 0.981. The monoisotopic (exact) mass is 239 g/mol. The third-order valence-electron chi connectivity index (χ3n) is 1.47. The number of halogens is 2. The van der Waals surface area contributed by atoms with Crippen LogP contribution in [0.4, 0.5) is 0 Å². The molecule has 6 heteroatoms. The molecule has 0 amide bonds. The number of hydrogen-bond acceptors (Lipinski definition) is 2. The maximum atomic E-state index is 7.38. The standard InChI is InChI=1S/C8H14N3O.2ClH/c1-3-12-8(9)6-11-5-4-10(2)7-11;;/h4-5,7,9H,3,6H2,1-2H3;2*1H/q+1;;/p-1. The second-order valence-electron chi connectivity index (χ2n) is 2.61. The number of aromatic nitrogens is 2.